The zero-order valence-electron chi connectivity index (χ0n) is 16.2. The number of amides is 2. The number of hydrogen-bond acceptors (Lipinski definition) is 4. The zero-order chi connectivity index (χ0) is 19.8. The van der Waals surface area contributed by atoms with Gasteiger partial charge in [-0.2, -0.15) is 0 Å². The maximum atomic E-state index is 12.2. The average Bonchev–Trinajstić information content (AvgIpc) is 2.71. The highest BCUT2D eigenvalue weighted by molar-refractivity contribution is 5.99. The smallest absolute Gasteiger partial charge is 0.266 e. The number of hydrogen-bond donors (Lipinski definition) is 2. The summed E-state index contributed by atoms with van der Waals surface area (Å²) in [5.74, 6) is 0.138. The van der Waals surface area contributed by atoms with Gasteiger partial charge in [-0.1, -0.05) is 49.4 Å². The molecular formula is C22H27N3O3. The number of ether oxygens (including phenoxy) is 1. The van der Waals surface area contributed by atoms with Gasteiger partial charge in [-0.05, 0) is 30.7 Å². The first kappa shape index (κ1) is 19.9. The first-order chi connectivity index (χ1) is 13.7. The van der Waals surface area contributed by atoms with Crippen LogP contribution in [0.3, 0.4) is 0 Å². The number of nitrogens with one attached hydrogen (secondary N) is 2. The summed E-state index contributed by atoms with van der Waals surface area (Å²) in [6.45, 7) is 5.48. The molecule has 0 fully saturated rings. The Morgan fingerprint density at radius 1 is 1.14 bits per heavy atom. The van der Waals surface area contributed by atoms with Gasteiger partial charge in [0.25, 0.3) is 5.91 Å². The Morgan fingerprint density at radius 3 is 2.68 bits per heavy atom. The van der Waals surface area contributed by atoms with Crippen LogP contribution in [-0.2, 0) is 16.1 Å². The minimum atomic E-state index is -0.792. The fraction of sp³-hybridized carbons (Fsp3) is 0.364. The molecule has 1 atom stereocenters. The summed E-state index contributed by atoms with van der Waals surface area (Å²) in [6, 6.07) is 17.6. The van der Waals surface area contributed by atoms with Crippen LogP contribution in [0, 0.1) is 0 Å². The van der Waals surface area contributed by atoms with Crippen LogP contribution in [0.15, 0.2) is 54.6 Å². The Kier molecular flexibility index (Phi) is 7.03. The van der Waals surface area contributed by atoms with Crippen molar-refractivity contribution < 1.29 is 14.3 Å². The standard InChI is InChI=1S/C22H27N3O3/c1-2-25(16-17-9-4-3-5-10-17)14-8-13-23-21(26)15-20-22(27)24-18-11-6-7-12-19(18)28-20/h3-7,9-12,20H,2,8,13-16H2,1H3,(H,23,26)(H,24,27)/t20-/m1/s1. The van der Waals surface area contributed by atoms with E-state index in [0.717, 1.165) is 26.1 Å². The van der Waals surface area contributed by atoms with E-state index in [2.05, 4.69) is 34.6 Å². The topological polar surface area (TPSA) is 70.7 Å². The molecule has 1 aliphatic rings. The van der Waals surface area contributed by atoms with Crippen molar-refractivity contribution in [1.29, 1.82) is 0 Å². The van der Waals surface area contributed by atoms with Crippen LogP contribution in [0.1, 0.15) is 25.3 Å². The minimum absolute atomic E-state index is 0.0156. The van der Waals surface area contributed by atoms with E-state index in [-0.39, 0.29) is 18.2 Å². The number of benzene rings is 2. The second-order valence-corrected chi connectivity index (χ2v) is 6.85. The van der Waals surface area contributed by atoms with Crippen LogP contribution in [-0.4, -0.2) is 42.5 Å². The highest BCUT2D eigenvalue weighted by Gasteiger charge is 2.29. The lowest BCUT2D eigenvalue weighted by atomic mass is 10.1. The van der Waals surface area contributed by atoms with E-state index in [0.29, 0.717) is 18.0 Å². The van der Waals surface area contributed by atoms with Crippen molar-refractivity contribution in [1.82, 2.24) is 10.2 Å². The lowest BCUT2D eigenvalue weighted by Crippen LogP contribution is -2.41. The third kappa shape index (κ3) is 5.57. The molecule has 0 aromatic heterocycles. The van der Waals surface area contributed by atoms with Crippen molar-refractivity contribution in [3.05, 3.63) is 60.2 Å². The van der Waals surface area contributed by atoms with Gasteiger partial charge in [-0.15, -0.1) is 0 Å². The molecule has 0 saturated carbocycles. The van der Waals surface area contributed by atoms with Gasteiger partial charge in [-0.3, -0.25) is 14.5 Å². The molecule has 0 radical (unpaired) electrons. The summed E-state index contributed by atoms with van der Waals surface area (Å²) in [5.41, 5.74) is 1.93. The number of carbonyl (C=O) groups excluding carboxylic acids is 2. The van der Waals surface area contributed by atoms with E-state index in [1.165, 1.54) is 5.56 Å². The van der Waals surface area contributed by atoms with Gasteiger partial charge in [0, 0.05) is 19.6 Å². The highest BCUT2D eigenvalue weighted by atomic mass is 16.5. The Hall–Kier alpha value is -2.86. The van der Waals surface area contributed by atoms with Crippen molar-refractivity contribution in [2.45, 2.75) is 32.4 Å². The van der Waals surface area contributed by atoms with Crippen molar-refractivity contribution in [3.8, 4) is 5.75 Å². The van der Waals surface area contributed by atoms with Crippen molar-refractivity contribution >= 4 is 17.5 Å². The Labute approximate surface area is 165 Å². The summed E-state index contributed by atoms with van der Waals surface area (Å²) < 4.78 is 5.66. The van der Waals surface area contributed by atoms with E-state index in [1.54, 1.807) is 12.1 Å². The Bertz CT molecular complexity index is 795. The van der Waals surface area contributed by atoms with E-state index in [1.807, 2.05) is 30.3 Å². The fourth-order valence-electron chi connectivity index (χ4n) is 3.19. The minimum Gasteiger partial charge on any atom is -0.478 e. The highest BCUT2D eigenvalue weighted by Crippen LogP contribution is 2.29. The maximum Gasteiger partial charge on any atom is 0.266 e. The number of anilines is 1. The molecule has 3 rings (SSSR count). The molecule has 1 aliphatic heterocycles. The molecule has 0 aliphatic carbocycles. The molecule has 2 aromatic rings. The summed E-state index contributed by atoms with van der Waals surface area (Å²) in [5, 5.41) is 5.67. The molecule has 2 aromatic carbocycles. The maximum absolute atomic E-state index is 12.2. The predicted octanol–water partition coefficient (Wildman–Crippen LogP) is 2.80. The van der Waals surface area contributed by atoms with Crippen LogP contribution >= 0.6 is 0 Å². The van der Waals surface area contributed by atoms with Gasteiger partial charge in [-0.25, -0.2) is 0 Å². The lowest BCUT2D eigenvalue weighted by molar-refractivity contribution is -0.130. The number of nitrogens with zero attached hydrogens (tertiary/aromatic N) is 1. The summed E-state index contributed by atoms with van der Waals surface area (Å²) in [7, 11) is 0. The van der Waals surface area contributed by atoms with Gasteiger partial charge in [0.2, 0.25) is 5.91 Å². The summed E-state index contributed by atoms with van der Waals surface area (Å²) in [4.78, 5) is 26.6. The predicted molar refractivity (Wildman–Crippen MR) is 109 cm³/mol. The van der Waals surface area contributed by atoms with Gasteiger partial charge >= 0.3 is 0 Å². The SMILES string of the molecule is CCN(CCCNC(=O)C[C@H]1Oc2ccccc2NC1=O)Cc1ccccc1. The van der Waals surface area contributed by atoms with Crippen LogP contribution < -0.4 is 15.4 Å². The molecule has 6 nitrogen and oxygen atoms in total. The third-order valence-electron chi connectivity index (χ3n) is 4.75. The van der Waals surface area contributed by atoms with Crippen molar-refractivity contribution in [2.75, 3.05) is 25.0 Å². The van der Waals surface area contributed by atoms with Crippen molar-refractivity contribution in [2.24, 2.45) is 0 Å². The molecule has 2 N–H and O–H groups in total. The molecule has 0 saturated heterocycles. The monoisotopic (exact) mass is 381 g/mol. The molecule has 0 unspecified atom stereocenters. The van der Waals surface area contributed by atoms with E-state index < -0.39 is 6.10 Å². The lowest BCUT2D eigenvalue weighted by Gasteiger charge is -2.25. The van der Waals surface area contributed by atoms with E-state index >= 15 is 0 Å². The second-order valence-electron chi connectivity index (χ2n) is 6.85. The fourth-order valence-corrected chi connectivity index (χ4v) is 3.19. The van der Waals surface area contributed by atoms with Crippen LogP contribution in [0.2, 0.25) is 0 Å². The quantitative estimate of drug-likeness (QED) is 0.656. The van der Waals surface area contributed by atoms with Gasteiger partial charge in [0.1, 0.15) is 5.75 Å². The largest absolute Gasteiger partial charge is 0.478 e. The number of fused-ring (bicyclic) bond motifs is 1. The molecule has 0 bridgehead atoms. The van der Waals surface area contributed by atoms with Crippen molar-refractivity contribution in [3.63, 3.8) is 0 Å². The molecule has 0 spiro atoms. The van der Waals surface area contributed by atoms with Crippen LogP contribution in [0.4, 0.5) is 5.69 Å². The van der Waals surface area contributed by atoms with E-state index in [9.17, 15) is 9.59 Å². The molecule has 28 heavy (non-hydrogen) atoms. The molecule has 2 amide bonds. The summed E-state index contributed by atoms with van der Waals surface area (Å²) >= 11 is 0. The van der Waals surface area contributed by atoms with Gasteiger partial charge in [0.15, 0.2) is 6.10 Å². The zero-order valence-corrected chi connectivity index (χ0v) is 16.2. The first-order valence-corrected chi connectivity index (χ1v) is 9.75. The van der Waals surface area contributed by atoms with Gasteiger partial charge in [0.05, 0.1) is 12.1 Å². The average molecular weight is 381 g/mol. The van der Waals surface area contributed by atoms with Gasteiger partial charge < -0.3 is 15.4 Å². The van der Waals surface area contributed by atoms with E-state index in [4.69, 9.17) is 4.74 Å². The first-order valence-electron chi connectivity index (χ1n) is 9.75. The number of carbonyl (C=O) groups is 2. The van der Waals surface area contributed by atoms with Crippen LogP contribution in [0.5, 0.6) is 5.75 Å². The number of rotatable bonds is 9. The molecule has 6 heteroatoms. The normalized spacial score (nSPS) is 15.5. The Balaban J connectivity index is 1.38. The van der Waals surface area contributed by atoms with Crippen LogP contribution in [0.25, 0.3) is 0 Å². The molecule has 148 valence electrons. The summed E-state index contributed by atoms with van der Waals surface area (Å²) in [6.07, 6.45) is 0.0781. The number of para-hydroxylation sites is 2. The Morgan fingerprint density at radius 2 is 1.89 bits per heavy atom. The second kappa shape index (κ2) is 9.90. The third-order valence-corrected chi connectivity index (χ3v) is 4.75. The molecular weight excluding hydrogens is 354 g/mol. The molecule has 1 heterocycles.